The summed E-state index contributed by atoms with van der Waals surface area (Å²) in [5.74, 6) is -0.189. The van der Waals surface area contributed by atoms with E-state index in [1.807, 2.05) is 0 Å². The zero-order valence-electron chi connectivity index (χ0n) is 17.8. The Morgan fingerprint density at radius 3 is 1.94 bits per heavy atom. The number of imide groups is 1. The molecule has 170 valence electrons. The number of nitrogens with zero attached hydrogens (tertiary/aromatic N) is 1. The van der Waals surface area contributed by atoms with Gasteiger partial charge in [0.2, 0.25) is 0 Å². The Labute approximate surface area is 198 Å². The van der Waals surface area contributed by atoms with Crippen molar-refractivity contribution in [3.8, 4) is 17.2 Å². The molecular formula is C21H31MgNO8. The first-order chi connectivity index (χ1) is 14.2. The molecule has 9 nitrogen and oxygen atoms in total. The molecule has 0 radical (unpaired) electrons. The van der Waals surface area contributed by atoms with Gasteiger partial charge in [-0.3, -0.25) is 4.79 Å². The van der Waals surface area contributed by atoms with Crippen molar-refractivity contribution in [2.45, 2.75) is 45.6 Å². The number of carbonyl (C=O) groups excluding carboxylic acids is 2. The highest BCUT2D eigenvalue weighted by molar-refractivity contribution is 5.89. The summed E-state index contributed by atoms with van der Waals surface area (Å²) in [5, 5.41) is 9.15. The highest BCUT2D eigenvalue weighted by Crippen LogP contribution is 2.31. The molecule has 2 rings (SSSR count). The van der Waals surface area contributed by atoms with E-state index in [1.165, 1.54) is 26.4 Å². The number of hydrogen-bond acceptors (Lipinski definition) is 7. The molecule has 1 N–H and O–H groups in total. The van der Waals surface area contributed by atoms with Gasteiger partial charge in [0, 0.05) is 24.7 Å². The first kappa shape index (κ1) is 26.8. The normalized spacial score (nSPS) is 17.8. The minimum atomic E-state index is -0.878. The summed E-state index contributed by atoms with van der Waals surface area (Å²) in [6, 6.07) is 4.64. The van der Waals surface area contributed by atoms with Gasteiger partial charge in [0.1, 0.15) is 17.2 Å². The molecule has 1 aliphatic rings. The van der Waals surface area contributed by atoms with Crippen molar-refractivity contribution in [2.24, 2.45) is 11.8 Å². The molecule has 1 aromatic rings. The van der Waals surface area contributed by atoms with Crippen LogP contribution in [-0.2, 0) is 9.53 Å². The van der Waals surface area contributed by atoms with Gasteiger partial charge in [-0.15, -0.1) is 0 Å². The number of carboxylic acids is 1. The van der Waals surface area contributed by atoms with Gasteiger partial charge in [0.15, 0.2) is 0 Å². The maximum Gasteiger partial charge on any atom is 0.424 e. The third-order valence-corrected chi connectivity index (χ3v) is 4.94. The van der Waals surface area contributed by atoms with Crippen LogP contribution in [0, 0.1) is 11.8 Å². The lowest BCUT2D eigenvalue weighted by molar-refractivity contribution is -0.143. The minimum absolute atomic E-state index is 0. The van der Waals surface area contributed by atoms with E-state index in [0.29, 0.717) is 37.2 Å². The van der Waals surface area contributed by atoms with Crippen LogP contribution >= 0.6 is 0 Å². The molecule has 0 unspecified atom stereocenters. The van der Waals surface area contributed by atoms with E-state index in [0.717, 1.165) is 4.90 Å². The third kappa shape index (κ3) is 8.10. The fourth-order valence-electron chi connectivity index (χ4n) is 3.34. The van der Waals surface area contributed by atoms with Crippen molar-refractivity contribution in [3.63, 3.8) is 0 Å². The number of methoxy groups -OCH3 is 2. The van der Waals surface area contributed by atoms with E-state index in [4.69, 9.17) is 24.1 Å². The predicted molar refractivity (Wildman–Crippen MR) is 116 cm³/mol. The second kappa shape index (κ2) is 12.6. The van der Waals surface area contributed by atoms with Gasteiger partial charge in [0.25, 0.3) is 0 Å². The quantitative estimate of drug-likeness (QED) is 0.632. The Hall–Kier alpha value is -2.20. The number of carboxylic acid groups (broad SMARTS) is 1. The van der Waals surface area contributed by atoms with Crippen molar-refractivity contribution < 1.29 is 38.4 Å². The van der Waals surface area contributed by atoms with Gasteiger partial charge in [-0.25, -0.2) is 14.5 Å². The number of aliphatic carboxylic acids is 1. The predicted octanol–water partition coefficient (Wildman–Crippen LogP) is 3.02. The van der Waals surface area contributed by atoms with Gasteiger partial charge in [-0.1, -0.05) is 0 Å². The molecule has 10 heteroatoms. The molecule has 1 aromatic carbocycles. The number of benzene rings is 1. The number of amides is 2. The molecule has 1 aliphatic carbocycles. The Morgan fingerprint density at radius 2 is 1.48 bits per heavy atom. The van der Waals surface area contributed by atoms with E-state index in [-0.39, 0.29) is 47.2 Å². The van der Waals surface area contributed by atoms with Crippen LogP contribution in [0.1, 0.15) is 39.5 Å². The summed E-state index contributed by atoms with van der Waals surface area (Å²) in [5.41, 5.74) is 0. The topological polar surface area (TPSA) is 112 Å². The molecule has 31 heavy (non-hydrogen) atoms. The van der Waals surface area contributed by atoms with Crippen molar-refractivity contribution in [2.75, 3.05) is 20.8 Å². The highest BCUT2D eigenvalue weighted by Gasteiger charge is 2.32. The Bertz CT molecular complexity index is 739. The van der Waals surface area contributed by atoms with Crippen LogP contribution in [0.3, 0.4) is 0 Å². The number of hydrogen-bond donors (Lipinski definition) is 1. The largest absolute Gasteiger partial charge is 0.496 e. The molecule has 0 saturated heterocycles. The number of carbonyl (C=O) groups is 3. The van der Waals surface area contributed by atoms with Crippen LogP contribution in [-0.4, -0.2) is 78.1 Å². The summed E-state index contributed by atoms with van der Waals surface area (Å²) in [6.07, 6.45) is 0.129. The Morgan fingerprint density at radius 1 is 0.968 bits per heavy atom. The standard InChI is InChI=1S/C21H29NO8.Mg.2H/c1-13(2)29-20(25)22(12-14-5-7-15(8-6-14)19(23)24)21(26)30-18-10-16(27-3)9-17(11-18)28-4;;;/h9-11,13-15H,5-8,12H2,1-4H3,(H,23,24);;;. The van der Waals surface area contributed by atoms with Gasteiger partial charge >= 0.3 is 41.2 Å². The summed E-state index contributed by atoms with van der Waals surface area (Å²) < 4.78 is 20.9. The Balaban J connectivity index is 0.00000480. The smallest absolute Gasteiger partial charge is 0.424 e. The first-order valence-corrected chi connectivity index (χ1v) is 9.89. The number of rotatable bonds is 7. The summed E-state index contributed by atoms with van der Waals surface area (Å²) in [6.45, 7) is 3.47. The molecule has 1 fully saturated rings. The first-order valence-electron chi connectivity index (χ1n) is 9.89. The molecule has 2 amide bonds. The molecule has 0 bridgehead atoms. The van der Waals surface area contributed by atoms with E-state index in [2.05, 4.69) is 0 Å². The maximum atomic E-state index is 12.8. The Kier molecular flexibility index (Phi) is 10.9. The third-order valence-electron chi connectivity index (χ3n) is 4.94. The second-order valence-corrected chi connectivity index (χ2v) is 7.52. The van der Waals surface area contributed by atoms with Crippen LogP contribution < -0.4 is 14.2 Å². The van der Waals surface area contributed by atoms with Gasteiger partial charge in [-0.2, -0.15) is 0 Å². The van der Waals surface area contributed by atoms with Crippen LogP contribution in [0.4, 0.5) is 9.59 Å². The van der Waals surface area contributed by atoms with E-state index < -0.39 is 24.3 Å². The zero-order valence-corrected chi connectivity index (χ0v) is 17.8. The van der Waals surface area contributed by atoms with Gasteiger partial charge < -0.3 is 24.1 Å². The van der Waals surface area contributed by atoms with Crippen LogP contribution in [0.25, 0.3) is 0 Å². The van der Waals surface area contributed by atoms with Crippen molar-refractivity contribution >= 4 is 41.2 Å². The fraction of sp³-hybridized carbons (Fsp3) is 0.571. The molecule has 0 heterocycles. The van der Waals surface area contributed by atoms with E-state index >= 15 is 0 Å². The number of ether oxygens (including phenoxy) is 4. The van der Waals surface area contributed by atoms with Crippen molar-refractivity contribution in [1.82, 2.24) is 4.90 Å². The van der Waals surface area contributed by atoms with Gasteiger partial charge in [-0.05, 0) is 45.4 Å². The lowest BCUT2D eigenvalue weighted by atomic mass is 9.82. The van der Waals surface area contributed by atoms with Crippen LogP contribution in [0.2, 0.25) is 0 Å². The van der Waals surface area contributed by atoms with Crippen LogP contribution in [0.15, 0.2) is 18.2 Å². The summed E-state index contributed by atoms with van der Waals surface area (Å²) >= 11 is 0. The lowest BCUT2D eigenvalue weighted by Crippen LogP contribution is -2.43. The molecule has 1 saturated carbocycles. The van der Waals surface area contributed by atoms with Crippen molar-refractivity contribution in [3.05, 3.63) is 18.2 Å². The van der Waals surface area contributed by atoms with E-state index in [1.54, 1.807) is 19.9 Å². The van der Waals surface area contributed by atoms with Crippen molar-refractivity contribution in [1.29, 1.82) is 0 Å². The SMILES string of the molecule is COc1cc(OC)cc(OC(=O)N(CC2CCC(C(=O)O)CC2)C(=O)OC(C)C)c1.[MgH2]. The average Bonchev–Trinajstić information content (AvgIpc) is 2.71. The van der Waals surface area contributed by atoms with Crippen LogP contribution in [0.5, 0.6) is 17.2 Å². The average molecular weight is 450 g/mol. The molecule has 0 spiro atoms. The van der Waals surface area contributed by atoms with Gasteiger partial charge in [0.05, 0.1) is 26.2 Å². The maximum absolute atomic E-state index is 12.8. The zero-order chi connectivity index (χ0) is 22.3. The summed E-state index contributed by atoms with van der Waals surface area (Å²) in [4.78, 5) is 37.4. The molecule has 0 aromatic heterocycles. The second-order valence-electron chi connectivity index (χ2n) is 7.52. The monoisotopic (exact) mass is 449 g/mol. The summed E-state index contributed by atoms with van der Waals surface area (Å²) in [7, 11) is 2.94. The lowest BCUT2D eigenvalue weighted by Gasteiger charge is -2.30. The fourth-order valence-corrected chi connectivity index (χ4v) is 3.34. The molecular weight excluding hydrogens is 419 g/mol. The molecule has 0 atom stereocenters. The minimum Gasteiger partial charge on any atom is -0.496 e. The van der Waals surface area contributed by atoms with E-state index in [9.17, 15) is 14.4 Å². The molecule has 0 aliphatic heterocycles. The highest BCUT2D eigenvalue weighted by atomic mass is 24.3.